The number of rotatable bonds is 6. The van der Waals surface area contributed by atoms with Crippen molar-refractivity contribution >= 4 is 5.97 Å². The van der Waals surface area contributed by atoms with Crippen LogP contribution in [-0.2, 0) is 4.79 Å². The number of carboxylic acids is 1. The predicted molar refractivity (Wildman–Crippen MR) is 52.0 cm³/mol. The first kappa shape index (κ1) is 10.8. The van der Waals surface area contributed by atoms with Crippen molar-refractivity contribution in [3.63, 3.8) is 0 Å². The molecule has 0 aliphatic rings. The van der Waals surface area contributed by atoms with Gasteiger partial charge in [-0.05, 0) is 32.0 Å². The van der Waals surface area contributed by atoms with Crippen LogP contribution in [0.15, 0.2) is 22.8 Å². The topological polar surface area (TPSA) is 62.5 Å². The van der Waals surface area contributed by atoms with Crippen molar-refractivity contribution in [1.82, 2.24) is 5.32 Å². The molecule has 0 unspecified atom stereocenters. The molecule has 1 rings (SSSR count). The zero-order valence-corrected chi connectivity index (χ0v) is 8.19. The number of carbonyl (C=O) groups is 1. The highest BCUT2D eigenvalue weighted by Crippen LogP contribution is 2.11. The maximum atomic E-state index is 10.2. The summed E-state index contributed by atoms with van der Waals surface area (Å²) in [5.74, 6) is 0.123. The van der Waals surface area contributed by atoms with Crippen molar-refractivity contribution in [1.29, 1.82) is 0 Å². The Labute approximate surface area is 82.9 Å². The lowest BCUT2D eigenvalue weighted by Crippen LogP contribution is -2.20. The van der Waals surface area contributed by atoms with Crippen molar-refractivity contribution in [2.24, 2.45) is 0 Å². The average molecular weight is 197 g/mol. The first-order valence-corrected chi connectivity index (χ1v) is 4.68. The Bertz CT molecular complexity index is 269. The highest BCUT2D eigenvalue weighted by molar-refractivity contribution is 5.66. The first-order chi connectivity index (χ1) is 6.70. The minimum absolute atomic E-state index is 0.138. The van der Waals surface area contributed by atoms with Gasteiger partial charge in [0.1, 0.15) is 5.76 Å². The van der Waals surface area contributed by atoms with E-state index in [1.165, 1.54) is 0 Å². The molecule has 1 aromatic rings. The quantitative estimate of drug-likeness (QED) is 0.682. The van der Waals surface area contributed by atoms with Gasteiger partial charge in [0, 0.05) is 6.42 Å². The molecule has 1 heterocycles. The molecule has 0 aliphatic carbocycles. The molecule has 0 saturated carbocycles. The summed E-state index contributed by atoms with van der Waals surface area (Å²) in [6, 6.07) is 3.87. The highest BCUT2D eigenvalue weighted by Gasteiger charge is 2.06. The second-order valence-electron chi connectivity index (χ2n) is 3.19. The van der Waals surface area contributed by atoms with Crippen LogP contribution >= 0.6 is 0 Å². The van der Waals surface area contributed by atoms with Crippen LogP contribution in [0.3, 0.4) is 0 Å². The van der Waals surface area contributed by atoms with Gasteiger partial charge in [0.05, 0.1) is 12.3 Å². The summed E-state index contributed by atoms with van der Waals surface area (Å²) in [5.41, 5.74) is 0. The van der Waals surface area contributed by atoms with Gasteiger partial charge in [-0.2, -0.15) is 0 Å². The van der Waals surface area contributed by atoms with Gasteiger partial charge in [0.25, 0.3) is 0 Å². The first-order valence-electron chi connectivity index (χ1n) is 4.68. The molecule has 0 saturated heterocycles. The van der Waals surface area contributed by atoms with Crippen molar-refractivity contribution < 1.29 is 14.3 Å². The van der Waals surface area contributed by atoms with Crippen LogP contribution in [0.25, 0.3) is 0 Å². The second kappa shape index (κ2) is 5.44. The molecule has 78 valence electrons. The van der Waals surface area contributed by atoms with E-state index in [0.29, 0.717) is 13.0 Å². The summed E-state index contributed by atoms with van der Waals surface area (Å²) >= 11 is 0. The lowest BCUT2D eigenvalue weighted by molar-refractivity contribution is -0.137. The van der Waals surface area contributed by atoms with Gasteiger partial charge < -0.3 is 14.8 Å². The van der Waals surface area contributed by atoms with E-state index in [2.05, 4.69) is 5.32 Å². The van der Waals surface area contributed by atoms with Crippen LogP contribution in [0.5, 0.6) is 0 Å². The normalized spacial score (nSPS) is 12.6. The van der Waals surface area contributed by atoms with Gasteiger partial charge in [-0.15, -0.1) is 0 Å². The van der Waals surface area contributed by atoms with Crippen LogP contribution in [-0.4, -0.2) is 17.6 Å². The summed E-state index contributed by atoms with van der Waals surface area (Å²) < 4.78 is 5.19. The van der Waals surface area contributed by atoms with Gasteiger partial charge in [0.15, 0.2) is 0 Å². The van der Waals surface area contributed by atoms with E-state index in [1.54, 1.807) is 6.26 Å². The zero-order valence-electron chi connectivity index (χ0n) is 8.19. The molecular formula is C10H15NO3. The van der Waals surface area contributed by atoms with Crippen molar-refractivity contribution in [2.45, 2.75) is 25.8 Å². The summed E-state index contributed by atoms with van der Waals surface area (Å²) in [4.78, 5) is 10.2. The third-order valence-corrected chi connectivity index (χ3v) is 1.99. The molecular weight excluding hydrogens is 182 g/mol. The summed E-state index contributed by atoms with van der Waals surface area (Å²) in [5, 5.41) is 11.6. The van der Waals surface area contributed by atoms with Gasteiger partial charge in [-0.25, -0.2) is 0 Å². The van der Waals surface area contributed by atoms with Crippen molar-refractivity contribution in [3.05, 3.63) is 24.2 Å². The van der Waals surface area contributed by atoms with Gasteiger partial charge in [0.2, 0.25) is 0 Å². The molecule has 0 radical (unpaired) electrons. The number of carboxylic acid groups (broad SMARTS) is 1. The fourth-order valence-electron chi connectivity index (χ4n) is 1.20. The Balaban J connectivity index is 2.16. The summed E-state index contributed by atoms with van der Waals surface area (Å²) in [6.45, 7) is 2.67. The molecule has 2 N–H and O–H groups in total. The SMILES string of the molecule is C[C@H](NCCCC(=O)O)c1ccco1. The number of hydrogen-bond acceptors (Lipinski definition) is 3. The van der Waals surface area contributed by atoms with Crippen LogP contribution in [0.4, 0.5) is 0 Å². The smallest absolute Gasteiger partial charge is 0.303 e. The average Bonchev–Trinajstić information content (AvgIpc) is 2.64. The van der Waals surface area contributed by atoms with E-state index in [0.717, 1.165) is 5.76 Å². The lowest BCUT2D eigenvalue weighted by Gasteiger charge is -2.09. The van der Waals surface area contributed by atoms with E-state index >= 15 is 0 Å². The standard InChI is InChI=1S/C10H15NO3/c1-8(9-4-3-7-14-9)11-6-2-5-10(12)13/h3-4,7-8,11H,2,5-6H2,1H3,(H,12,13)/t8-/m0/s1. The number of hydrogen-bond donors (Lipinski definition) is 2. The Morgan fingerprint density at radius 2 is 2.50 bits per heavy atom. The molecule has 0 aromatic carbocycles. The van der Waals surface area contributed by atoms with Gasteiger partial charge >= 0.3 is 5.97 Å². The molecule has 4 heteroatoms. The zero-order chi connectivity index (χ0) is 10.4. The molecule has 0 amide bonds. The highest BCUT2D eigenvalue weighted by atomic mass is 16.4. The maximum absolute atomic E-state index is 10.2. The van der Waals surface area contributed by atoms with Crippen LogP contribution < -0.4 is 5.32 Å². The number of aliphatic carboxylic acids is 1. The predicted octanol–water partition coefficient (Wildman–Crippen LogP) is 1.79. The van der Waals surface area contributed by atoms with Crippen molar-refractivity contribution in [3.8, 4) is 0 Å². The number of nitrogens with one attached hydrogen (secondary N) is 1. The molecule has 14 heavy (non-hydrogen) atoms. The third kappa shape index (κ3) is 3.62. The van der Waals surface area contributed by atoms with Crippen LogP contribution in [0, 0.1) is 0 Å². The van der Waals surface area contributed by atoms with E-state index in [4.69, 9.17) is 9.52 Å². The Morgan fingerprint density at radius 1 is 1.71 bits per heavy atom. The van der Waals surface area contributed by atoms with E-state index in [9.17, 15) is 4.79 Å². The largest absolute Gasteiger partial charge is 0.481 e. The molecule has 0 aliphatic heterocycles. The van der Waals surface area contributed by atoms with Crippen molar-refractivity contribution in [2.75, 3.05) is 6.54 Å². The molecule has 1 aromatic heterocycles. The molecule has 1 atom stereocenters. The third-order valence-electron chi connectivity index (χ3n) is 1.99. The Kier molecular flexibility index (Phi) is 4.19. The van der Waals surface area contributed by atoms with E-state index < -0.39 is 5.97 Å². The molecule has 0 bridgehead atoms. The van der Waals surface area contributed by atoms with Gasteiger partial charge in [-0.3, -0.25) is 4.79 Å². The van der Waals surface area contributed by atoms with Crippen LogP contribution in [0.1, 0.15) is 31.6 Å². The second-order valence-corrected chi connectivity index (χ2v) is 3.19. The van der Waals surface area contributed by atoms with Gasteiger partial charge in [-0.1, -0.05) is 0 Å². The monoisotopic (exact) mass is 197 g/mol. The lowest BCUT2D eigenvalue weighted by atomic mass is 10.2. The minimum atomic E-state index is -0.752. The van der Waals surface area contributed by atoms with Crippen LogP contribution in [0.2, 0.25) is 0 Å². The molecule has 4 nitrogen and oxygen atoms in total. The summed E-state index contributed by atoms with van der Waals surface area (Å²) in [7, 11) is 0. The maximum Gasteiger partial charge on any atom is 0.303 e. The Morgan fingerprint density at radius 3 is 3.07 bits per heavy atom. The fraction of sp³-hybridized carbons (Fsp3) is 0.500. The van der Waals surface area contributed by atoms with E-state index in [-0.39, 0.29) is 12.5 Å². The summed E-state index contributed by atoms with van der Waals surface area (Å²) in [6.07, 6.45) is 2.48. The van der Waals surface area contributed by atoms with E-state index in [1.807, 2.05) is 19.1 Å². The minimum Gasteiger partial charge on any atom is -0.481 e. The fourth-order valence-corrected chi connectivity index (χ4v) is 1.20. The molecule has 0 spiro atoms. The molecule has 0 fully saturated rings. The number of furan rings is 1. The Hall–Kier alpha value is -1.29.